The molecule has 1 aliphatic heterocycles. The van der Waals surface area contributed by atoms with E-state index in [-0.39, 0.29) is 24.3 Å². The lowest BCUT2D eigenvalue weighted by atomic mass is 10.0. The van der Waals surface area contributed by atoms with Gasteiger partial charge in [0.15, 0.2) is 0 Å². The van der Waals surface area contributed by atoms with Crippen LogP contribution in [-0.2, 0) is 6.42 Å². The number of hydrogen-bond acceptors (Lipinski definition) is 7. The van der Waals surface area contributed by atoms with E-state index in [1.165, 1.54) is 31.5 Å². The van der Waals surface area contributed by atoms with E-state index >= 15 is 4.39 Å². The molecule has 2 atom stereocenters. The second-order valence-electron chi connectivity index (χ2n) is 8.52. The minimum Gasteiger partial charge on any atom is -0.497 e. The number of rotatable bonds is 8. The Kier molecular flexibility index (Phi) is 7.62. The number of amides is 2. The van der Waals surface area contributed by atoms with Crippen molar-refractivity contribution >= 4 is 23.6 Å². The summed E-state index contributed by atoms with van der Waals surface area (Å²) in [5, 5.41) is 19.2. The molecule has 0 bridgehead atoms. The fraction of sp³-hybridized carbons (Fsp3) is 0.375. The maximum absolute atomic E-state index is 15.0. The van der Waals surface area contributed by atoms with Gasteiger partial charge in [0.1, 0.15) is 11.9 Å². The number of halogens is 1. The Morgan fingerprint density at radius 1 is 1.25 bits per heavy atom. The summed E-state index contributed by atoms with van der Waals surface area (Å²) in [7, 11) is 3.02. The maximum Gasteiger partial charge on any atom is 0.407 e. The molecule has 2 amide bonds. The predicted molar refractivity (Wildman–Crippen MR) is 129 cm³/mol. The van der Waals surface area contributed by atoms with E-state index in [0.717, 1.165) is 12.8 Å². The van der Waals surface area contributed by atoms with Crippen molar-refractivity contribution in [1.29, 1.82) is 0 Å². The average Bonchev–Trinajstić information content (AvgIpc) is 3.36. The molecule has 3 N–H and O–H groups in total. The first-order valence-electron chi connectivity index (χ1n) is 11.5. The van der Waals surface area contributed by atoms with Crippen LogP contribution in [0.1, 0.15) is 46.5 Å². The molecule has 0 spiro atoms. The van der Waals surface area contributed by atoms with Crippen LogP contribution in [0.15, 0.2) is 43.0 Å². The number of nitrogens with zero attached hydrogens (tertiary/aromatic N) is 5. The number of hydrogen-bond donors (Lipinski definition) is 3. The number of likely N-dealkylation sites (tertiary alicyclic amines) is 1. The molecule has 1 aliphatic rings. The van der Waals surface area contributed by atoms with E-state index < -0.39 is 12.3 Å². The number of methoxy groups -OCH3 is 1. The number of carbonyl (C=O) groups excluding carboxylic acids is 1. The molecule has 1 saturated heterocycles. The lowest BCUT2D eigenvalue weighted by molar-refractivity contribution is 0.0962. The van der Waals surface area contributed by atoms with Gasteiger partial charge in [-0.3, -0.25) is 9.48 Å². The zero-order valence-corrected chi connectivity index (χ0v) is 20.0. The molecule has 11 nitrogen and oxygen atoms in total. The van der Waals surface area contributed by atoms with Crippen molar-refractivity contribution in [3.8, 4) is 5.75 Å². The summed E-state index contributed by atoms with van der Waals surface area (Å²) in [5.74, 6) is 0.471. The Bertz CT molecular complexity index is 1220. The third-order valence-corrected chi connectivity index (χ3v) is 6.04. The first kappa shape index (κ1) is 24.9. The first-order chi connectivity index (χ1) is 17.4. The van der Waals surface area contributed by atoms with Gasteiger partial charge in [0.2, 0.25) is 5.95 Å². The minimum atomic E-state index is -1.38. The number of piperidine rings is 1. The molecule has 2 unspecified atom stereocenters. The van der Waals surface area contributed by atoms with Crippen molar-refractivity contribution in [3.05, 3.63) is 59.7 Å². The van der Waals surface area contributed by atoms with Crippen LogP contribution in [-0.4, -0.2) is 69.0 Å². The predicted octanol–water partition coefficient (Wildman–Crippen LogP) is 3.35. The molecule has 0 radical (unpaired) electrons. The van der Waals surface area contributed by atoms with Crippen LogP contribution < -0.4 is 15.4 Å². The number of carboxylic acid groups (broad SMARTS) is 1. The standard InChI is InChI=1S/C24H28FN7O4/c1-26-22(33)16-6-15(7-20(9-16)36-2)8-21(25)17-10-27-23(28-11-17)30-18-12-29-32(13-18)19-4-3-5-31(14-19)24(34)35/h6-7,9-13,19,21H,3-5,8,14H2,1-2H3,(H,26,33)(H,34,35)(H,27,28,30). The maximum atomic E-state index is 15.0. The molecule has 12 heteroatoms. The number of ether oxygens (including phenoxy) is 1. The Hall–Kier alpha value is -4.22. The Morgan fingerprint density at radius 3 is 2.72 bits per heavy atom. The summed E-state index contributed by atoms with van der Waals surface area (Å²) in [6.45, 7) is 0.915. The monoisotopic (exact) mass is 497 g/mol. The zero-order valence-electron chi connectivity index (χ0n) is 20.0. The van der Waals surface area contributed by atoms with Crippen LogP contribution in [0.25, 0.3) is 0 Å². The van der Waals surface area contributed by atoms with E-state index in [0.29, 0.717) is 41.2 Å². The number of benzene rings is 1. The van der Waals surface area contributed by atoms with Crippen molar-refractivity contribution in [2.24, 2.45) is 0 Å². The normalized spacial score (nSPS) is 16.3. The van der Waals surface area contributed by atoms with E-state index in [1.807, 2.05) is 0 Å². The Balaban J connectivity index is 1.39. The van der Waals surface area contributed by atoms with Crippen LogP contribution >= 0.6 is 0 Å². The van der Waals surface area contributed by atoms with Crippen molar-refractivity contribution in [2.75, 3.05) is 32.6 Å². The molecule has 0 saturated carbocycles. The number of anilines is 2. The molecular weight excluding hydrogens is 469 g/mol. The largest absolute Gasteiger partial charge is 0.497 e. The topological polar surface area (TPSA) is 134 Å². The number of aromatic nitrogens is 4. The number of alkyl halides is 1. The van der Waals surface area contributed by atoms with E-state index in [9.17, 15) is 14.7 Å². The summed E-state index contributed by atoms with van der Waals surface area (Å²) in [6.07, 6.45) is 5.55. The second kappa shape index (κ2) is 11.0. The summed E-state index contributed by atoms with van der Waals surface area (Å²) >= 11 is 0. The second-order valence-corrected chi connectivity index (χ2v) is 8.52. The van der Waals surface area contributed by atoms with Crippen molar-refractivity contribution in [3.63, 3.8) is 0 Å². The fourth-order valence-corrected chi connectivity index (χ4v) is 4.14. The van der Waals surface area contributed by atoms with E-state index in [1.54, 1.807) is 35.3 Å². The molecule has 3 heterocycles. The molecule has 4 rings (SSSR count). The summed E-state index contributed by atoms with van der Waals surface area (Å²) in [4.78, 5) is 33.1. The molecule has 36 heavy (non-hydrogen) atoms. The van der Waals surface area contributed by atoms with E-state index in [4.69, 9.17) is 4.74 Å². The van der Waals surface area contributed by atoms with Gasteiger partial charge < -0.3 is 25.4 Å². The number of carbonyl (C=O) groups is 2. The van der Waals surface area contributed by atoms with Gasteiger partial charge in [0.05, 0.1) is 25.0 Å². The summed E-state index contributed by atoms with van der Waals surface area (Å²) in [5.41, 5.74) is 1.94. The van der Waals surface area contributed by atoms with Crippen LogP contribution in [0.2, 0.25) is 0 Å². The lowest BCUT2D eigenvalue weighted by Crippen LogP contribution is -2.39. The summed E-state index contributed by atoms with van der Waals surface area (Å²) < 4.78 is 22.0. The zero-order chi connectivity index (χ0) is 25.7. The molecule has 2 aromatic heterocycles. The van der Waals surface area contributed by atoms with Gasteiger partial charge in [0, 0.05) is 56.3 Å². The van der Waals surface area contributed by atoms with Gasteiger partial charge in [-0.2, -0.15) is 5.10 Å². The van der Waals surface area contributed by atoms with Gasteiger partial charge >= 0.3 is 6.09 Å². The van der Waals surface area contributed by atoms with Crippen molar-refractivity contribution < 1.29 is 23.8 Å². The minimum absolute atomic E-state index is 0.0266. The van der Waals surface area contributed by atoms with Crippen LogP contribution in [0, 0.1) is 0 Å². The smallest absolute Gasteiger partial charge is 0.407 e. The van der Waals surface area contributed by atoms with Gasteiger partial charge in [0.25, 0.3) is 5.91 Å². The van der Waals surface area contributed by atoms with Gasteiger partial charge in [-0.25, -0.2) is 19.2 Å². The van der Waals surface area contributed by atoms with Crippen LogP contribution in [0.4, 0.5) is 20.8 Å². The van der Waals surface area contributed by atoms with Crippen LogP contribution in [0.3, 0.4) is 0 Å². The van der Waals surface area contributed by atoms with Crippen molar-refractivity contribution in [2.45, 2.75) is 31.5 Å². The first-order valence-corrected chi connectivity index (χ1v) is 11.5. The van der Waals surface area contributed by atoms with Crippen molar-refractivity contribution in [1.82, 2.24) is 30.0 Å². The Morgan fingerprint density at radius 2 is 2.03 bits per heavy atom. The molecule has 0 aliphatic carbocycles. The van der Waals surface area contributed by atoms with Gasteiger partial charge in [-0.15, -0.1) is 0 Å². The average molecular weight is 498 g/mol. The van der Waals surface area contributed by atoms with Crippen LogP contribution in [0.5, 0.6) is 5.75 Å². The quantitative estimate of drug-likeness (QED) is 0.431. The molecular formula is C24H28FN7O4. The molecule has 3 aromatic rings. The highest BCUT2D eigenvalue weighted by Gasteiger charge is 2.25. The van der Waals surface area contributed by atoms with E-state index in [2.05, 4.69) is 25.7 Å². The van der Waals surface area contributed by atoms with Gasteiger partial charge in [-0.05, 0) is 36.6 Å². The summed E-state index contributed by atoms with van der Waals surface area (Å²) in [6, 6.07) is 4.87. The highest BCUT2D eigenvalue weighted by molar-refractivity contribution is 5.94. The number of nitrogens with one attached hydrogen (secondary N) is 2. The molecule has 190 valence electrons. The third-order valence-electron chi connectivity index (χ3n) is 6.04. The highest BCUT2D eigenvalue weighted by Crippen LogP contribution is 2.26. The van der Waals surface area contributed by atoms with Gasteiger partial charge in [-0.1, -0.05) is 0 Å². The highest BCUT2D eigenvalue weighted by atomic mass is 19.1. The Labute approximate surface area is 207 Å². The molecule has 1 aromatic carbocycles. The molecule has 1 fully saturated rings. The third kappa shape index (κ3) is 5.88. The fourth-order valence-electron chi connectivity index (χ4n) is 4.14. The lowest BCUT2D eigenvalue weighted by Gasteiger charge is -2.30. The SMILES string of the molecule is CNC(=O)c1cc(CC(F)c2cnc(Nc3cnn(C4CCCN(C(=O)O)C4)c3)nc2)cc(OC)c1.